The lowest BCUT2D eigenvalue weighted by molar-refractivity contribution is 0.110. The third-order valence-corrected chi connectivity index (χ3v) is 5.06. The molecule has 1 aliphatic rings. The Balaban J connectivity index is 1.81. The Hall–Kier alpha value is -1.79. The fourth-order valence-electron chi connectivity index (χ4n) is 3.46. The minimum absolute atomic E-state index is 0.559. The van der Waals surface area contributed by atoms with Crippen LogP contribution in [0, 0.1) is 6.92 Å². The van der Waals surface area contributed by atoms with Crippen molar-refractivity contribution < 1.29 is 9.47 Å². The summed E-state index contributed by atoms with van der Waals surface area (Å²) in [5, 5.41) is 6.81. The molecule has 0 aromatic heterocycles. The second-order valence-corrected chi connectivity index (χ2v) is 7.53. The quantitative estimate of drug-likeness (QED) is 0.300. The first-order valence-corrected chi connectivity index (χ1v) is 11.3. The summed E-state index contributed by atoms with van der Waals surface area (Å²) in [6.45, 7) is 14.2. The lowest BCUT2D eigenvalue weighted by Gasteiger charge is -2.15. The molecule has 0 spiro atoms. The summed E-state index contributed by atoms with van der Waals surface area (Å²) in [4.78, 5) is 7.34. The number of nitrogens with one attached hydrogen (secondary N) is 2. The van der Waals surface area contributed by atoms with E-state index in [1.54, 1.807) is 0 Å². The van der Waals surface area contributed by atoms with Crippen LogP contribution in [0.2, 0.25) is 0 Å². The number of nitrogens with zero attached hydrogens (tertiary/aromatic N) is 2. The highest BCUT2D eigenvalue weighted by Crippen LogP contribution is 2.21. The Morgan fingerprint density at radius 1 is 1.10 bits per heavy atom. The number of guanidine groups is 1. The molecule has 0 amide bonds. The van der Waals surface area contributed by atoms with Gasteiger partial charge >= 0.3 is 0 Å². The molecule has 1 fully saturated rings. The Kier molecular flexibility index (Phi) is 11.5. The van der Waals surface area contributed by atoms with Crippen LogP contribution in [0.1, 0.15) is 50.7 Å². The van der Waals surface area contributed by atoms with Crippen LogP contribution in [-0.2, 0) is 11.3 Å². The van der Waals surface area contributed by atoms with E-state index in [1.807, 2.05) is 6.92 Å². The molecule has 6 heteroatoms. The van der Waals surface area contributed by atoms with Gasteiger partial charge in [0.25, 0.3) is 0 Å². The molecule has 0 aliphatic carbocycles. The van der Waals surface area contributed by atoms with Gasteiger partial charge < -0.3 is 25.0 Å². The Labute approximate surface area is 177 Å². The van der Waals surface area contributed by atoms with Crippen LogP contribution in [0.15, 0.2) is 23.2 Å². The number of hydrogen-bond acceptors (Lipinski definition) is 4. The molecule has 0 saturated carbocycles. The highest BCUT2D eigenvalue weighted by molar-refractivity contribution is 5.79. The Bertz CT molecular complexity index is 601. The first-order valence-electron chi connectivity index (χ1n) is 11.3. The van der Waals surface area contributed by atoms with Gasteiger partial charge in [-0.15, -0.1) is 0 Å². The minimum atomic E-state index is 0.559. The maximum atomic E-state index is 5.93. The van der Waals surface area contributed by atoms with Gasteiger partial charge in [0, 0.05) is 25.3 Å². The molecule has 29 heavy (non-hydrogen) atoms. The number of hydrogen-bond donors (Lipinski definition) is 2. The lowest BCUT2D eigenvalue weighted by atomic mass is 10.1. The standard InChI is InChI=1S/C23H40N4O2/c1-4-24-23(25-12-6-7-13-27-14-8-9-15-27)26-19-21-11-10-20(3)18-22(21)29-17-16-28-5-2/h10-11,18H,4-9,12-17,19H2,1-3H3,(H2,24,25,26). The maximum absolute atomic E-state index is 5.93. The highest BCUT2D eigenvalue weighted by Gasteiger charge is 2.10. The van der Waals surface area contributed by atoms with E-state index in [-0.39, 0.29) is 0 Å². The molecule has 0 atom stereocenters. The van der Waals surface area contributed by atoms with Crippen LogP contribution < -0.4 is 15.4 Å². The van der Waals surface area contributed by atoms with Crippen LogP contribution in [0.5, 0.6) is 5.75 Å². The number of rotatable bonds is 13. The molecule has 2 N–H and O–H groups in total. The molecule has 1 aliphatic heterocycles. The molecule has 6 nitrogen and oxygen atoms in total. The van der Waals surface area contributed by atoms with Crippen LogP contribution in [-0.4, -0.2) is 63.4 Å². The normalized spacial score (nSPS) is 14.9. The largest absolute Gasteiger partial charge is 0.491 e. The molecule has 164 valence electrons. The van der Waals surface area contributed by atoms with Gasteiger partial charge in [-0.3, -0.25) is 0 Å². The number of aliphatic imine (C=N–C) groups is 1. The summed E-state index contributed by atoms with van der Waals surface area (Å²) in [5.74, 6) is 1.77. The van der Waals surface area contributed by atoms with Crippen molar-refractivity contribution in [2.75, 3.05) is 52.5 Å². The first kappa shape index (κ1) is 23.5. The summed E-state index contributed by atoms with van der Waals surface area (Å²) in [7, 11) is 0. The second-order valence-electron chi connectivity index (χ2n) is 7.53. The predicted molar refractivity (Wildman–Crippen MR) is 121 cm³/mol. The second kappa shape index (κ2) is 14.2. The zero-order valence-corrected chi connectivity index (χ0v) is 18.6. The van der Waals surface area contributed by atoms with Crippen molar-refractivity contribution in [1.82, 2.24) is 15.5 Å². The van der Waals surface area contributed by atoms with E-state index in [0.29, 0.717) is 26.4 Å². The van der Waals surface area contributed by atoms with E-state index in [2.05, 4.69) is 47.6 Å². The monoisotopic (exact) mass is 404 g/mol. The van der Waals surface area contributed by atoms with Gasteiger partial charge in [0.2, 0.25) is 0 Å². The third kappa shape index (κ3) is 9.50. The summed E-state index contributed by atoms with van der Waals surface area (Å²) in [6, 6.07) is 6.29. The summed E-state index contributed by atoms with van der Waals surface area (Å²) >= 11 is 0. The van der Waals surface area contributed by atoms with E-state index in [0.717, 1.165) is 36.8 Å². The van der Waals surface area contributed by atoms with Crippen molar-refractivity contribution in [2.24, 2.45) is 4.99 Å². The molecular formula is C23H40N4O2. The molecule has 1 heterocycles. The van der Waals surface area contributed by atoms with Crippen molar-refractivity contribution in [1.29, 1.82) is 0 Å². The van der Waals surface area contributed by atoms with Gasteiger partial charge in [-0.1, -0.05) is 12.1 Å². The van der Waals surface area contributed by atoms with Crippen LogP contribution in [0.25, 0.3) is 0 Å². The van der Waals surface area contributed by atoms with Gasteiger partial charge in [-0.2, -0.15) is 0 Å². The number of ether oxygens (including phenoxy) is 2. The zero-order chi connectivity index (χ0) is 20.7. The van der Waals surface area contributed by atoms with Crippen LogP contribution in [0.4, 0.5) is 0 Å². The summed E-state index contributed by atoms with van der Waals surface area (Å²) in [5.41, 5.74) is 2.28. The number of likely N-dealkylation sites (tertiary alicyclic amines) is 1. The van der Waals surface area contributed by atoms with Crippen LogP contribution >= 0.6 is 0 Å². The van der Waals surface area contributed by atoms with Crippen LogP contribution in [0.3, 0.4) is 0 Å². The molecule has 1 aromatic rings. The Morgan fingerprint density at radius 2 is 1.93 bits per heavy atom. The van der Waals surface area contributed by atoms with E-state index in [4.69, 9.17) is 14.5 Å². The van der Waals surface area contributed by atoms with Crippen molar-refractivity contribution in [3.05, 3.63) is 29.3 Å². The smallest absolute Gasteiger partial charge is 0.191 e. The molecule has 1 aromatic carbocycles. The van der Waals surface area contributed by atoms with Crippen molar-refractivity contribution in [2.45, 2.75) is 53.0 Å². The fourth-order valence-corrected chi connectivity index (χ4v) is 3.46. The minimum Gasteiger partial charge on any atom is -0.491 e. The SMILES string of the molecule is CCNC(=NCc1ccc(C)cc1OCCOCC)NCCCCN1CCCC1. The topological polar surface area (TPSA) is 58.1 Å². The highest BCUT2D eigenvalue weighted by atomic mass is 16.5. The third-order valence-electron chi connectivity index (χ3n) is 5.06. The van der Waals surface area contributed by atoms with E-state index < -0.39 is 0 Å². The summed E-state index contributed by atoms with van der Waals surface area (Å²) < 4.78 is 11.3. The van der Waals surface area contributed by atoms with Crippen molar-refractivity contribution >= 4 is 5.96 Å². The number of benzene rings is 1. The Morgan fingerprint density at radius 3 is 2.69 bits per heavy atom. The number of unbranched alkanes of at least 4 members (excludes halogenated alkanes) is 1. The van der Waals surface area contributed by atoms with E-state index in [1.165, 1.54) is 44.5 Å². The molecule has 2 rings (SSSR count). The number of aryl methyl sites for hydroxylation is 1. The van der Waals surface area contributed by atoms with Crippen molar-refractivity contribution in [3.8, 4) is 5.75 Å². The van der Waals surface area contributed by atoms with Gasteiger partial charge in [0.05, 0.1) is 13.2 Å². The van der Waals surface area contributed by atoms with Gasteiger partial charge in [0.1, 0.15) is 12.4 Å². The van der Waals surface area contributed by atoms with Crippen molar-refractivity contribution in [3.63, 3.8) is 0 Å². The molecular weight excluding hydrogens is 364 g/mol. The maximum Gasteiger partial charge on any atom is 0.191 e. The average Bonchev–Trinajstić information content (AvgIpc) is 3.23. The molecule has 0 bridgehead atoms. The van der Waals surface area contributed by atoms with Gasteiger partial charge in [0.15, 0.2) is 5.96 Å². The fraction of sp³-hybridized carbons (Fsp3) is 0.696. The first-order chi connectivity index (χ1) is 14.2. The van der Waals surface area contributed by atoms with Gasteiger partial charge in [-0.05, 0) is 77.7 Å². The zero-order valence-electron chi connectivity index (χ0n) is 18.6. The molecule has 1 saturated heterocycles. The molecule has 0 unspecified atom stereocenters. The lowest BCUT2D eigenvalue weighted by Crippen LogP contribution is -2.38. The van der Waals surface area contributed by atoms with E-state index in [9.17, 15) is 0 Å². The average molecular weight is 405 g/mol. The predicted octanol–water partition coefficient (Wildman–Crippen LogP) is 3.34. The molecule has 0 radical (unpaired) electrons. The summed E-state index contributed by atoms with van der Waals surface area (Å²) in [6.07, 6.45) is 5.14. The van der Waals surface area contributed by atoms with E-state index >= 15 is 0 Å². The van der Waals surface area contributed by atoms with Gasteiger partial charge in [-0.25, -0.2) is 4.99 Å².